The molecule has 2 heterocycles. The lowest BCUT2D eigenvalue weighted by Crippen LogP contribution is -1.84. The average molecular weight is 320 g/mol. The summed E-state index contributed by atoms with van der Waals surface area (Å²) in [5, 5.41) is 10.3. The summed E-state index contributed by atoms with van der Waals surface area (Å²) in [7, 11) is 0. The number of furan rings is 2. The minimum atomic E-state index is -0.0226. The monoisotopic (exact) mass is 319 g/mol. The van der Waals surface area contributed by atoms with E-state index in [1.165, 1.54) is 6.26 Å². The van der Waals surface area contributed by atoms with Crippen molar-refractivity contribution in [2.24, 2.45) is 0 Å². The highest BCUT2D eigenvalue weighted by Crippen LogP contribution is 2.45. The van der Waals surface area contributed by atoms with Crippen molar-refractivity contribution in [3.8, 4) is 28.4 Å². The van der Waals surface area contributed by atoms with E-state index in [9.17, 15) is 5.11 Å². The normalized spacial score (nSPS) is 10.8. The van der Waals surface area contributed by atoms with Crippen LogP contribution >= 0.6 is 15.9 Å². The smallest absolute Gasteiger partial charge is 0.214 e. The Kier molecular flexibility index (Phi) is 2.83. The Morgan fingerprint density at radius 1 is 1.16 bits per heavy atom. The first-order valence-corrected chi connectivity index (χ1v) is 6.37. The first kappa shape index (κ1) is 11.9. The van der Waals surface area contributed by atoms with Crippen LogP contribution in [-0.4, -0.2) is 5.11 Å². The molecule has 0 aliphatic carbocycles. The minimum absolute atomic E-state index is 0.0226. The molecule has 2 aromatic heterocycles. The molecule has 0 atom stereocenters. The predicted octanol–water partition coefficient (Wildman–Crippen LogP) is 4.26. The van der Waals surface area contributed by atoms with Crippen LogP contribution in [0.5, 0.6) is 5.75 Å². The number of halogens is 1. The van der Waals surface area contributed by atoms with Crippen LogP contribution in [-0.2, 0) is 0 Å². The van der Waals surface area contributed by atoms with E-state index in [0.717, 1.165) is 10.0 Å². The highest BCUT2D eigenvalue weighted by atomic mass is 79.9. The molecule has 19 heavy (non-hydrogen) atoms. The molecule has 4 nitrogen and oxygen atoms in total. The SMILES string of the molecule is Nc1oc(-c2ccco2)c(O)c1-c1cccc(Br)c1. The fourth-order valence-electron chi connectivity index (χ4n) is 1.94. The maximum atomic E-state index is 10.3. The Hall–Kier alpha value is -2.14. The zero-order valence-corrected chi connectivity index (χ0v) is 11.3. The van der Waals surface area contributed by atoms with Gasteiger partial charge in [0.25, 0.3) is 0 Å². The highest BCUT2D eigenvalue weighted by Gasteiger charge is 2.22. The van der Waals surface area contributed by atoms with Gasteiger partial charge in [-0.05, 0) is 29.8 Å². The molecular weight excluding hydrogens is 310 g/mol. The van der Waals surface area contributed by atoms with E-state index in [4.69, 9.17) is 14.6 Å². The van der Waals surface area contributed by atoms with Crippen LogP contribution in [0.25, 0.3) is 22.6 Å². The number of nitrogens with two attached hydrogens (primary N) is 1. The summed E-state index contributed by atoms with van der Waals surface area (Å²) in [5.41, 5.74) is 7.08. The molecule has 0 fully saturated rings. The van der Waals surface area contributed by atoms with Gasteiger partial charge in [0, 0.05) is 4.47 Å². The third-order valence-electron chi connectivity index (χ3n) is 2.77. The van der Waals surface area contributed by atoms with Gasteiger partial charge in [0.05, 0.1) is 11.8 Å². The number of hydrogen-bond donors (Lipinski definition) is 2. The van der Waals surface area contributed by atoms with Crippen molar-refractivity contribution in [3.05, 3.63) is 47.1 Å². The molecule has 3 rings (SSSR count). The van der Waals surface area contributed by atoms with Gasteiger partial charge in [0.2, 0.25) is 11.6 Å². The Bertz CT molecular complexity index is 716. The van der Waals surface area contributed by atoms with E-state index in [1.807, 2.05) is 24.3 Å². The first-order chi connectivity index (χ1) is 9.16. The van der Waals surface area contributed by atoms with Gasteiger partial charge < -0.3 is 19.7 Å². The molecule has 3 aromatic rings. The molecule has 5 heteroatoms. The lowest BCUT2D eigenvalue weighted by molar-refractivity contribution is 0.457. The lowest BCUT2D eigenvalue weighted by Gasteiger charge is -2.00. The zero-order valence-electron chi connectivity index (χ0n) is 9.76. The van der Waals surface area contributed by atoms with Crippen LogP contribution in [0, 0.1) is 0 Å². The van der Waals surface area contributed by atoms with E-state index in [0.29, 0.717) is 11.3 Å². The Labute approximate surface area is 117 Å². The van der Waals surface area contributed by atoms with Crippen molar-refractivity contribution in [3.63, 3.8) is 0 Å². The second kappa shape index (κ2) is 4.51. The molecule has 3 N–H and O–H groups in total. The lowest BCUT2D eigenvalue weighted by atomic mass is 10.1. The van der Waals surface area contributed by atoms with E-state index in [2.05, 4.69) is 15.9 Å². The zero-order chi connectivity index (χ0) is 13.4. The first-order valence-electron chi connectivity index (χ1n) is 5.58. The molecule has 0 radical (unpaired) electrons. The molecule has 0 aliphatic rings. The van der Waals surface area contributed by atoms with Crippen LogP contribution in [0.15, 0.2) is 56.0 Å². The Balaban J connectivity index is 2.18. The van der Waals surface area contributed by atoms with Crippen LogP contribution < -0.4 is 5.73 Å². The number of aromatic hydroxyl groups is 1. The van der Waals surface area contributed by atoms with Crippen LogP contribution in [0.4, 0.5) is 5.88 Å². The molecule has 0 aliphatic heterocycles. The molecule has 0 saturated heterocycles. The standard InChI is InChI=1S/C14H10BrNO3/c15-9-4-1-3-8(7-9)11-12(17)13(19-14(11)16)10-5-2-6-18-10/h1-7,17H,16H2. The fraction of sp³-hybridized carbons (Fsp3) is 0. The molecule has 1 aromatic carbocycles. The largest absolute Gasteiger partial charge is 0.504 e. The number of nitrogen functional groups attached to an aromatic ring is 1. The van der Waals surface area contributed by atoms with Crippen molar-refractivity contribution in [2.45, 2.75) is 0 Å². The summed E-state index contributed by atoms with van der Waals surface area (Å²) in [6, 6.07) is 10.9. The third kappa shape index (κ3) is 2.02. The van der Waals surface area contributed by atoms with Gasteiger partial charge in [0.1, 0.15) is 0 Å². The summed E-state index contributed by atoms with van der Waals surface area (Å²) >= 11 is 3.38. The highest BCUT2D eigenvalue weighted by molar-refractivity contribution is 9.10. The number of hydrogen-bond acceptors (Lipinski definition) is 4. The molecule has 0 bridgehead atoms. The van der Waals surface area contributed by atoms with E-state index in [1.54, 1.807) is 12.1 Å². The topological polar surface area (TPSA) is 72.5 Å². The maximum absolute atomic E-state index is 10.3. The van der Waals surface area contributed by atoms with Crippen molar-refractivity contribution in [2.75, 3.05) is 5.73 Å². The maximum Gasteiger partial charge on any atom is 0.214 e. The number of benzene rings is 1. The molecule has 96 valence electrons. The van der Waals surface area contributed by atoms with Crippen molar-refractivity contribution in [1.82, 2.24) is 0 Å². The third-order valence-corrected chi connectivity index (χ3v) is 3.26. The summed E-state index contributed by atoms with van der Waals surface area (Å²) in [4.78, 5) is 0. The number of anilines is 1. The predicted molar refractivity (Wildman–Crippen MR) is 75.6 cm³/mol. The van der Waals surface area contributed by atoms with Gasteiger partial charge in [-0.3, -0.25) is 0 Å². The second-order valence-corrected chi connectivity index (χ2v) is 4.92. The molecular formula is C14H10BrNO3. The van der Waals surface area contributed by atoms with Gasteiger partial charge in [-0.2, -0.15) is 0 Å². The Morgan fingerprint density at radius 2 is 2.00 bits per heavy atom. The van der Waals surface area contributed by atoms with Crippen LogP contribution in [0.2, 0.25) is 0 Å². The van der Waals surface area contributed by atoms with Gasteiger partial charge in [-0.25, -0.2) is 0 Å². The summed E-state index contributed by atoms with van der Waals surface area (Å²) in [6.45, 7) is 0. The quantitative estimate of drug-likeness (QED) is 0.740. The van der Waals surface area contributed by atoms with Crippen LogP contribution in [0.1, 0.15) is 0 Å². The molecule has 0 spiro atoms. The van der Waals surface area contributed by atoms with Crippen molar-refractivity contribution >= 4 is 21.8 Å². The minimum Gasteiger partial charge on any atom is -0.504 e. The molecule has 0 unspecified atom stereocenters. The molecule has 0 amide bonds. The van der Waals surface area contributed by atoms with Gasteiger partial charge >= 0.3 is 0 Å². The van der Waals surface area contributed by atoms with E-state index in [-0.39, 0.29) is 17.4 Å². The van der Waals surface area contributed by atoms with Crippen molar-refractivity contribution in [1.29, 1.82) is 0 Å². The van der Waals surface area contributed by atoms with Crippen molar-refractivity contribution < 1.29 is 13.9 Å². The summed E-state index contributed by atoms with van der Waals surface area (Å²) in [5.74, 6) is 0.801. The fourth-order valence-corrected chi connectivity index (χ4v) is 2.34. The van der Waals surface area contributed by atoms with Gasteiger partial charge in [-0.15, -0.1) is 0 Å². The Morgan fingerprint density at radius 3 is 2.68 bits per heavy atom. The van der Waals surface area contributed by atoms with E-state index >= 15 is 0 Å². The van der Waals surface area contributed by atoms with Gasteiger partial charge in [-0.1, -0.05) is 28.1 Å². The molecule has 0 saturated carbocycles. The average Bonchev–Trinajstić information content (AvgIpc) is 2.97. The van der Waals surface area contributed by atoms with Crippen LogP contribution in [0.3, 0.4) is 0 Å². The van der Waals surface area contributed by atoms with E-state index < -0.39 is 0 Å². The second-order valence-electron chi connectivity index (χ2n) is 4.01. The van der Waals surface area contributed by atoms with Gasteiger partial charge in [0.15, 0.2) is 11.5 Å². The summed E-state index contributed by atoms with van der Waals surface area (Å²) in [6.07, 6.45) is 1.51. The number of rotatable bonds is 2. The summed E-state index contributed by atoms with van der Waals surface area (Å²) < 4.78 is 11.5.